The highest BCUT2D eigenvalue weighted by molar-refractivity contribution is 7.12. The van der Waals surface area contributed by atoms with E-state index in [-0.39, 0.29) is 18.1 Å². The average Bonchev–Trinajstić information content (AvgIpc) is 3.11. The zero-order chi connectivity index (χ0) is 17.6. The van der Waals surface area contributed by atoms with Crippen LogP contribution in [0.2, 0.25) is 0 Å². The summed E-state index contributed by atoms with van der Waals surface area (Å²) < 4.78 is 12.9. The Bertz CT molecular complexity index is 830. The molecule has 0 bridgehead atoms. The molecule has 25 heavy (non-hydrogen) atoms. The number of hydrogen-bond donors (Lipinski definition) is 2. The number of aliphatic hydroxyl groups excluding tert-OH is 1. The standard InChI is InChI=1S/C20H18FNO2S/c21-16-8-6-14(7-9-16)12-19(23)22-13-17-10-11-18(25-17)20(24)15-4-2-1-3-5-15/h1-11,20,24H,12-13H2,(H,22,23)/t20-/m0/s1. The minimum atomic E-state index is -0.658. The van der Waals surface area contributed by atoms with Crippen LogP contribution in [0.25, 0.3) is 0 Å². The van der Waals surface area contributed by atoms with E-state index in [1.165, 1.54) is 23.5 Å². The third-order valence-corrected chi connectivity index (χ3v) is 4.94. The van der Waals surface area contributed by atoms with E-state index in [9.17, 15) is 14.3 Å². The minimum absolute atomic E-state index is 0.120. The third kappa shape index (κ3) is 4.75. The SMILES string of the molecule is O=C(Cc1ccc(F)cc1)NCc1ccc([C@@H](O)c2ccccc2)s1. The molecule has 3 nitrogen and oxygen atoms in total. The second kappa shape index (κ2) is 8.05. The van der Waals surface area contributed by atoms with Crippen molar-refractivity contribution in [3.05, 3.63) is 93.4 Å². The number of benzene rings is 2. The van der Waals surface area contributed by atoms with Crippen LogP contribution >= 0.6 is 11.3 Å². The van der Waals surface area contributed by atoms with Crippen molar-refractivity contribution in [2.75, 3.05) is 0 Å². The predicted octanol–water partition coefficient (Wildman–Crippen LogP) is 3.83. The van der Waals surface area contributed by atoms with Crippen molar-refractivity contribution in [2.45, 2.75) is 19.1 Å². The van der Waals surface area contributed by atoms with Gasteiger partial charge in [0, 0.05) is 9.75 Å². The Morgan fingerprint density at radius 2 is 1.76 bits per heavy atom. The maximum absolute atomic E-state index is 12.9. The van der Waals surface area contributed by atoms with Crippen LogP contribution in [0.1, 0.15) is 27.0 Å². The molecule has 0 unspecified atom stereocenters. The molecule has 0 aliphatic heterocycles. The van der Waals surface area contributed by atoms with E-state index in [0.717, 1.165) is 20.9 Å². The number of carbonyl (C=O) groups excluding carboxylic acids is 1. The zero-order valence-corrected chi connectivity index (χ0v) is 14.3. The van der Waals surface area contributed by atoms with E-state index in [1.54, 1.807) is 12.1 Å². The van der Waals surface area contributed by atoms with Crippen molar-refractivity contribution < 1.29 is 14.3 Å². The van der Waals surface area contributed by atoms with Gasteiger partial charge in [-0.05, 0) is 35.4 Å². The molecule has 0 aliphatic carbocycles. The lowest BCUT2D eigenvalue weighted by Gasteiger charge is -2.08. The molecule has 2 aromatic carbocycles. The highest BCUT2D eigenvalue weighted by Gasteiger charge is 2.13. The Labute approximate surface area is 149 Å². The fourth-order valence-corrected chi connectivity index (χ4v) is 3.44. The number of thiophene rings is 1. The molecule has 0 saturated carbocycles. The largest absolute Gasteiger partial charge is 0.383 e. The van der Waals surface area contributed by atoms with Crippen LogP contribution in [0, 0.1) is 5.82 Å². The van der Waals surface area contributed by atoms with E-state index in [1.807, 2.05) is 42.5 Å². The predicted molar refractivity (Wildman–Crippen MR) is 96.8 cm³/mol. The van der Waals surface area contributed by atoms with Gasteiger partial charge in [-0.3, -0.25) is 4.79 Å². The first kappa shape index (κ1) is 17.3. The Kier molecular flexibility index (Phi) is 5.58. The van der Waals surface area contributed by atoms with E-state index in [2.05, 4.69) is 5.32 Å². The lowest BCUT2D eigenvalue weighted by molar-refractivity contribution is -0.120. The smallest absolute Gasteiger partial charge is 0.224 e. The molecule has 1 amide bonds. The molecule has 0 radical (unpaired) electrons. The summed E-state index contributed by atoms with van der Waals surface area (Å²) in [6, 6.07) is 19.1. The fraction of sp³-hybridized carbons (Fsp3) is 0.150. The topological polar surface area (TPSA) is 49.3 Å². The maximum atomic E-state index is 12.9. The summed E-state index contributed by atoms with van der Waals surface area (Å²) in [7, 11) is 0. The second-order valence-electron chi connectivity index (χ2n) is 5.70. The van der Waals surface area contributed by atoms with Gasteiger partial charge in [-0.15, -0.1) is 11.3 Å². The molecule has 128 valence electrons. The zero-order valence-electron chi connectivity index (χ0n) is 13.5. The Hall–Kier alpha value is -2.50. The molecule has 3 rings (SSSR count). The van der Waals surface area contributed by atoms with Crippen LogP contribution in [0.4, 0.5) is 4.39 Å². The molecule has 5 heteroatoms. The lowest BCUT2D eigenvalue weighted by Crippen LogP contribution is -2.24. The molecular weight excluding hydrogens is 337 g/mol. The number of aliphatic hydroxyl groups is 1. The lowest BCUT2D eigenvalue weighted by atomic mass is 10.1. The first-order valence-corrected chi connectivity index (χ1v) is 8.76. The number of hydrogen-bond acceptors (Lipinski definition) is 3. The van der Waals surface area contributed by atoms with Gasteiger partial charge in [0.05, 0.1) is 13.0 Å². The van der Waals surface area contributed by atoms with Gasteiger partial charge in [0.25, 0.3) is 0 Å². The van der Waals surface area contributed by atoms with Gasteiger partial charge in [-0.1, -0.05) is 42.5 Å². The highest BCUT2D eigenvalue weighted by Crippen LogP contribution is 2.28. The molecule has 1 aromatic heterocycles. The molecule has 0 saturated heterocycles. The Balaban J connectivity index is 1.54. The van der Waals surface area contributed by atoms with Gasteiger partial charge in [0.2, 0.25) is 5.91 Å². The normalized spacial score (nSPS) is 11.9. The van der Waals surface area contributed by atoms with E-state index < -0.39 is 6.10 Å². The molecule has 0 aliphatic rings. The van der Waals surface area contributed by atoms with Crippen molar-refractivity contribution in [2.24, 2.45) is 0 Å². The maximum Gasteiger partial charge on any atom is 0.224 e. The molecule has 1 heterocycles. The molecule has 2 N–H and O–H groups in total. The van der Waals surface area contributed by atoms with Gasteiger partial charge >= 0.3 is 0 Å². The summed E-state index contributed by atoms with van der Waals surface area (Å²) in [5.41, 5.74) is 1.61. The summed E-state index contributed by atoms with van der Waals surface area (Å²) in [6.07, 6.45) is -0.444. The second-order valence-corrected chi connectivity index (χ2v) is 6.90. The first-order chi connectivity index (χ1) is 12.1. The molecule has 3 aromatic rings. The monoisotopic (exact) mass is 355 g/mol. The Morgan fingerprint density at radius 1 is 1.04 bits per heavy atom. The van der Waals surface area contributed by atoms with Crippen molar-refractivity contribution in [3.63, 3.8) is 0 Å². The summed E-state index contributed by atoms with van der Waals surface area (Å²) in [5.74, 6) is -0.433. The van der Waals surface area contributed by atoms with Crippen LogP contribution in [-0.4, -0.2) is 11.0 Å². The van der Waals surface area contributed by atoms with E-state index in [4.69, 9.17) is 0 Å². The number of rotatable bonds is 6. The van der Waals surface area contributed by atoms with Gasteiger partial charge in [0.1, 0.15) is 11.9 Å². The Morgan fingerprint density at radius 3 is 2.48 bits per heavy atom. The molecule has 0 spiro atoms. The first-order valence-electron chi connectivity index (χ1n) is 7.94. The van der Waals surface area contributed by atoms with Gasteiger partial charge in [-0.2, -0.15) is 0 Å². The molecule has 1 atom stereocenters. The van der Waals surface area contributed by atoms with Crippen LogP contribution in [0.3, 0.4) is 0 Å². The van der Waals surface area contributed by atoms with Crippen molar-refractivity contribution in [3.8, 4) is 0 Å². The van der Waals surface area contributed by atoms with E-state index in [0.29, 0.717) is 6.54 Å². The highest BCUT2D eigenvalue weighted by atomic mass is 32.1. The number of halogens is 1. The van der Waals surface area contributed by atoms with Gasteiger partial charge in [-0.25, -0.2) is 4.39 Å². The third-order valence-electron chi connectivity index (χ3n) is 3.80. The summed E-state index contributed by atoms with van der Waals surface area (Å²) in [6.45, 7) is 0.409. The number of carbonyl (C=O) groups is 1. The average molecular weight is 355 g/mol. The summed E-state index contributed by atoms with van der Waals surface area (Å²) >= 11 is 1.47. The molecular formula is C20H18FNO2S. The summed E-state index contributed by atoms with van der Waals surface area (Å²) in [4.78, 5) is 13.8. The van der Waals surface area contributed by atoms with Crippen LogP contribution in [0.15, 0.2) is 66.7 Å². The number of nitrogens with one attached hydrogen (secondary N) is 1. The van der Waals surface area contributed by atoms with Crippen molar-refractivity contribution >= 4 is 17.2 Å². The van der Waals surface area contributed by atoms with Crippen molar-refractivity contribution in [1.29, 1.82) is 0 Å². The van der Waals surface area contributed by atoms with Crippen molar-refractivity contribution in [1.82, 2.24) is 5.32 Å². The van der Waals surface area contributed by atoms with Gasteiger partial charge in [0.15, 0.2) is 0 Å². The fourth-order valence-electron chi connectivity index (χ4n) is 2.47. The van der Waals surface area contributed by atoms with Crippen LogP contribution in [0.5, 0.6) is 0 Å². The quantitative estimate of drug-likeness (QED) is 0.706. The minimum Gasteiger partial charge on any atom is -0.383 e. The van der Waals surface area contributed by atoms with E-state index >= 15 is 0 Å². The molecule has 0 fully saturated rings. The number of amides is 1. The summed E-state index contributed by atoms with van der Waals surface area (Å²) in [5, 5.41) is 13.2. The van der Waals surface area contributed by atoms with Crippen LogP contribution in [-0.2, 0) is 17.8 Å². The van der Waals surface area contributed by atoms with Gasteiger partial charge < -0.3 is 10.4 Å². The van der Waals surface area contributed by atoms with Crippen LogP contribution < -0.4 is 5.32 Å².